The van der Waals surface area contributed by atoms with Gasteiger partial charge in [-0.15, -0.1) is 0 Å². The van der Waals surface area contributed by atoms with Gasteiger partial charge in [-0.25, -0.2) is 12.8 Å². The molecule has 0 aromatic heterocycles. The highest BCUT2D eigenvalue weighted by Gasteiger charge is 2.15. The summed E-state index contributed by atoms with van der Waals surface area (Å²) in [7, 11) is -3.88. The number of benzene rings is 2. The van der Waals surface area contributed by atoms with Gasteiger partial charge in [0.05, 0.1) is 11.5 Å². The summed E-state index contributed by atoms with van der Waals surface area (Å²) in [6.45, 7) is 1.65. The van der Waals surface area contributed by atoms with Crippen molar-refractivity contribution in [3.63, 3.8) is 0 Å². The minimum absolute atomic E-state index is 0.0917. The van der Waals surface area contributed by atoms with Crippen LogP contribution >= 0.6 is 0 Å². The van der Waals surface area contributed by atoms with Crippen LogP contribution in [-0.4, -0.2) is 8.42 Å². The number of halogens is 1. The number of rotatable bonds is 5. The lowest BCUT2D eigenvalue weighted by molar-refractivity contribution is 0.0795. The molecule has 2 rings (SSSR count). The van der Waals surface area contributed by atoms with Gasteiger partial charge in [-0.05, 0) is 30.2 Å². The third-order valence-electron chi connectivity index (χ3n) is 2.70. The smallest absolute Gasteiger partial charge is 0.262 e. The first kappa shape index (κ1) is 14.6. The second kappa shape index (κ2) is 6.13. The molecule has 2 aromatic rings. The largest absolute Gasteiger partial charge is 0.282 e. The van der Waals surface area contributed by atoms with Gasteiger partial charge >= 0.3 is 0 Å². The van der Waals surface area contributed by atoms with Crippen LogP contribution in [0.1, 0.15) is 11.1 Å². The number of sulfonamides is 1. The van der Waals surface area contributed by atoms with Crippen LogP contribution in [0.4, 0.5) is 4.39 Å². The van der Waals surface area contributed by atoms with Gasteiger partial charge < -0.3 is 0 Å². The van der Waals surface area contributed by atoms with Crippen LogP contribution in [0.5, 0.6) is 0 Å². The first-order valence-corrected chi connectivity index (χ1v) is 7.41. The summed E-state index contributed by atoms with van der Waals surface area (Å²) in [6, 6.07) is 12.8. The van der Waals surface area contributed by atoms with Crippen molar-refractivity contribution in [1.82, 2.24) is 4.89 Å². The minimum Gasteiger partial charge on any atom is -0.282 e. The van der Waals surface area contributed by atoms with Crippen molar-refractivity contribution in [3.8, 4) is 0 Å². The molecule has 0 aliphatic rings. The number of aryl methyl sites for hydroxylation is 1. The van der Waals surface area contributed by atoms with Crippen molar-refractivity contribution in [2.45, 2.75) is 18.4 Å². The molecule has 0 aliphatic heterocycles. The highest BCUT2D eigenvalue weighted by atomic mass is 32.2. The number of hydrogen-bond acceptors (Lipinski definition) is 3. The molecule has 0 amide bonds. The first-order chi connectivity index (χ1) is 9.49. The quantitative estimate of drug-likeness (QED) is 0.862. The van der Waals surface area contributed by atoms with Gasteiger partial charge in [0.15, 0.2) is 0 Å². The zero-order chi connectivity index (χ0) is 14.6. The third kappa shape index (κ3) is 3.63. The third-order valence-corrected chi connectivity index (χ3v) is 3.92. The minimum atomic E-state index is -3.88. The lowest BCUT2D eigenvalue weighted by Gasteiger charge is -2.08. The highest BCUT2D eigenvalue weighted by Crippen LogP contribution is 2.14. The Labute approximate surface area is 117 Å². The normalized spacial score (nSPS) is 11.5. The zero-order valence-electron chi connectivity index (χ0n) is 10.8. The van der Waals surface area contributed by atoms with Crippen LogP contribution < -0.4 is 4.89 Å². The molecule has 0 spiro atoms. The molecular weight excluding hydrogens is 281 g/mol. The van der Waals surface area contributed by atoms with Crippen LogP contribution in [0.3, 0.4) is 0 Å². The van der Waals surface area contributed by atoms with Crippen LogP contribution in [0, 0.1) is 12.7 Å². The van der Waals surface area contributed by atoms with Gasteiger partial charge in [-0.2, -0.15) is 0 Å². The maximum absolute atomic E-state index is 13.4. The van der Waals surface area contributed by atoms with E-state index in [1.807, 2.05) is 23.1 Å². The van der Waals surface area contributed by atoms with E-state index >= 15 is 0 Å². The van der Waals surface area contributed by atoms with Crippen LogP contribution in [-0.2, 0) is 21.5 Å². The molecule has 0 fully saturated rings. The van der Waals surface area contributed by atoms with Gasteiger partial charge in [0.2, 0.25) is 0 Å². The molecular formula is C14H14FNO3S. The standard InChI is InChI=1S/C14H14FNO3S/c1-11-7-8-13(9-14(11)15)20(17,18)16-19-10-12-5-3-2-4-6-12/h2-9,16H,10H2,1H3. The molecule has 20 heavy (non-hydrogen) atoms. The zero-order valence-corrected chi connectivity index (χ0v) is 11.7. The van der Waals surface area contributed by atoms with E-state index in [1.165, 1.54) is 12.1 Å². The Morgan fingerprint density at radius 1 is 1.15 bits per heavy atom. The van der Waals surface area contributed by atoms with Crippen LogP contribution in [0.15, 0.2) is 53.4 Å². The predicted molar refractivity (Wildman–Crippen MR) is 72.7 cm³/mol. The number of hydrogen-bond donors (Lipinski definition) is 1. The van der Waals surface area contributed by atoms with E-state index in [-0.39, 0.29) is 11.5 Å². The predicted octanol–water partition coefficient (Wildman–Crippen LogP) is 2.54. The van der Waals surface area contributed by atoms with Gasteiger partial charge in [0, 0.05) is 0 Å². The van der Waals surface area contributed by atoms with Crippen molar-refractivity contribution in [2.24, 2.45) is 0 Å². The Bertz CT molecular complexity index is 687. The molecule has 6 heteroatoms. The summed E-state index contributed by atoms with van der Waals surface area (Å²) < 4.78 is 37.1. The van der Waals surface area contributed by atoms with Gasteiger partial charge in [-0.3, -0.25) is 4.84 Å². The van der Waals surface area contributed by atoms with E-state index in [2.05, 4.69) is 0 Å². The lowest BCUT2D eigenvalue weighted by atomic mass is 10.2. The summed E-state index contributed by atoms with van der Waals surface area (Å²) in [4.78, 5) is 6.75. The molecule has 0 saturated carbocycles. The van der Waals surface area contributed by atoms with Gasteiger partial charge in [0.25, 0.3) is 10.0 Å². The molecule has 2 aromatic carbocycles. The Morgan fingerprint density at radius 2 is 1.85 bits per heavy atom. The second-order valence-corrected chi connectivity index (χ2v) is 5.92. The average molecular weight is 295 g/mol. The van der Waals surface area contributed by atoms with Crippen molar-refractivity contribution >= 4 is 10.0 Å². The van der Waals surface area contributed by atoms with E-state index in [1.54, 1.807) is 19.1 Å². The molecule has 106 valence electrons. The summed E-state index contributed by atoms with van der Waals surface area (Å²) in [6.07, 6.45) is 0. The molecule has 0 unspecified atom stereocenters. The Balaban J connectivity index is 2.02. The first-order valence-electron chi connectivity index (χ1n) is 5.93. The maximum Gasteiger partial charge on any atom is 0.262 e. The molecule has 1 N–H and O–H groups in total. The summed E-state index contributed by atoms with van der Waals surface area (Å²) in [5.41, 5.74) is 1.21. The topological polar surface area (TPSA) is 55.4 Å². The molecule has 0 bridgehead atoms. The Morgan fingerprint density at radius 3 is 2.50 bits per heavy atom. The maximum atomic E-state index is 13.4. The summed E-state index contributed by atoms with van der Waals surface area (Å²) in [5, 5.41) is 0. The molecule has 4 nitrogen and oxygen atoms in total. The van der Waals surface area contributed by atoms with Crippen molar-refractivity contribution in [3.05, 3.63) is 65.5 Å². The van der Waals surface area contributed by atoms with Crippen LogP contribution in [0.25, 0.3) is 0 Å². The fourth-order valence-electron chi connectivity index (χ4n) is 1.55. The molecule has 0 atom stereocenters. The van der Waals surface area contributed by atoms with Crippen molar-refractivity contribution in [2.75, 3.05) is 0 Å². The molecule has 0 heterocycles. The lowest BCUT2D eigenvalue weighted by Crippen LogP contribution is -2.24. The fourth-order valence-corrected chi connectivity index (χ4v) is 2.37. The fraction of sp³-hybridized carbons (Fsp3) is 0.143. The van der Waals surface area contributed by atoms with E-state index in [4.69, 9.17) is 4.84 Å². The van der Waals surface area contributed by atoms with E-state index in [0.717, 1.165) is 11.6 Å². The van der Waals surface area contributed by atoms with E-state index < -0.39 is 15.8 Å². The molecule has 0 aliphatic carbocycles. The second-order valence-electron chi connectivity index (χ2n) is 4.27. The van der Waals surface area contributed by atoms with Gasteiger partial charge in [-0.1, -0.05) is 41.3 Å². The monoisotopic (exact) mass is 295 g/mol. The van der Waals surface area contributed by atoms with Crippen LogP contribution in [0.2, 0.25) is 0 Å². The summed E-state index contributed by atoms with van der Waals surface area (Å²) >= 11 is 0. The summed E-state index contributed by atoms with van der Waals surface area (Å²) in [5.74, 6) is -0.573. The SMILES string of the molecule is Cc1ccc(S(=O)(=O)NOCc2ccccc2)cc1F. The molecule has 0 saturated heterocycles. The van der Waals surface area contributed by atoms with E-state index in [9.17, 15) is 12.8 Å². The van der Waals surface area contributed by atoms with E-state index in [0.29, 0.717) is 5.56 Å². The molecule has 0 radical (unpaired) electrons. The average Bonchev–Trinajstić information content (AvgIpc) is 2.43. The highest BCUT2D eigenvalue weighted by molar-refractivity contribution is 7.89. The van der Waals surface area contributed by atoms with Gasteiger partial charge in [0.1, 0.15) is 5.82 Å². The van der Waals surface area contributed by atoms with Crippen molar-refractivity contribution in [1.29, 1.82) is 0 Å². The Hall–Kier alpha value is -1.76. The Kier molecular flexibility index (Phi) is 4.49. The number of nitrogens with one attached hydrogen (secondary N) is 1. The van der Waals surface area contributed by atoms with Crippen molar-refractivity contribution < 1.29 is 17.6 Å².